The molecule has 0 nitrogen and oxygen atoms in total. The van der Waals surface area contributed by atoms with Crippen molar-refractivity contribution in [2.45, 2.75) is 17.6 Å². The van der Waals surface area contributed by atoms with Gasteiger partial charge in [-0.1, -0.05) is 0 Å². The third kappa shape index (κ3) is 2.66. The SMILES string of the molecule is C1=CC[C]([Ti+]([CH2]c2ccccc2)[C]2=CC=CC2)=C1.[H-]. The Kier molecular flexibility index (Phi) is 3.78. The molecule has 0 saturated heterocycles. The van der Waals surface area contributed by atoms with Crippen LogP contribution in [0.25, 0.3) is 0 Å². The van der Waals surface area contributed by atoms with Crippen molar-refractivity contribution in [1.29, 1.82) is 0 Å². The normalized spacial score (nSPS) is 16.9. The minimum atomic E-state index is -1.28. The first-order valence-electron chi connectivity index (χ1n) is 6.55. The maximum atomic E-state index is 2.37. The Bertz CT molecular complexity index is 508. The van der Waals surface area contributed by atoms with E-state index < -0.39 is 17.9 Å². The monoisotopic (exact) mass is 270 g/mol. The Labute approximate surface area is 117 Å². The van der Waals surface area contributed by atoms with Crippen LogP contribution in [0.4, 0.5) is 0 Å². The molecule has 0 saturated carbocycles. The predicted molar refractivity (Wildman–Crippen MR) is 74.9 cm³/mol. The van der Waals surface area contributed by atoms with Crippen molar-refractivity contribution in [1.82, 2.24) is 0 Å². The van der Waals surface area contributed by atoms with Crippen LogP contribution in [0.5, 0.6) is 0 Å². The van der Waals surface area contributed by atoms with Crippen molar-refractivity contribution in [2.75, 3.05) is 0 Å². The Morgan fingerprint density at radius 1 is 0.889 bits per heavy atom. The quantitative estimate of drug-likeness (QED) is 0.701. The van der Waals surface area contributed by atoms with E-state index in [2.05, 4.69) is 66.8 Å². The van der Waals surface area contributed by atoms with Gasteiger partial charge in [-0.15, -0.1) is 0 Å². The van der Waals surface area contributed by atoms with Crippen LogP contribution in [0, 0.1) is 0 Å². The summed E-state index contributed by atoms with van der Waals surface area (Å²) >= 11 is -1.28. The van der Waals surface area contributed by atoms with Gasteiger partial charge in [0.25, 0.3) is 0 Å². The summed E-state index contributed by atoms with van der Waals surface area (Å²) in [7, 11) is 0. The summed E-state index contributed by atoms with van der Waals surface area (Å²) in [6, 6.07) is 11.0. The average molecular weight is 270 g/mol. The van der Waals surface area contributed by atoms with E-state index in [1.165, 1.54) is 23.1 Å². The first-order valence-corrected chi connectivity index (χ1v) is 9.22. The molecule has 0 bridgehead atoms. The molecule has 1 aromatic carbocycles. The first kappa shape index (κ1) is 12.0. The number of allylic oxidation sites excluding steroid dienone is 8. The molecule has 2 aliphatic rings. The molecule has 18 heavy (non-hydrogen) atoms. The molecule has 0 spiro atoms. The number of rotatable bonds is 4. The van der Waals surface area contributed by atoms with E-state index in [1.807, 2.05) is 0 Å². The Hall–Kier alpha value is -1.11. The molecule has 90 valence electrons. The molecular weight excluding hydrogens is 252 g/mol. The van der Waals surface area contributed by atoms with Gasteiger partial charge < -0.3 is 1.43 Å². The molecule has 1 heteroatoms. The summed E-state index contributed by atoms with van der Waals surface area (Å²) in [5.41, 5.74) is 1.51. The molecule has 0 unspecified atom stereocenters. The summed E-state index contributed by atoms with van der Waals surface area (Å²) in [5, 5.41) is 0. The van der Waals surface area contributed by atoms with Gasteiger partial charge in [0, 0.05) is 0 Å². The van der Waals surface area contributed by atoms with Crippen LogP contribution in [-0.2, 0) is 22.6 Å². The minimum Gasteiger partial charge on any atom is -1.00 e. The zero-order valence-corrected chi connectivity index (χ0v) is 12.0. The average Bonchev–Trinajstić information content (AvgIpc) is 3.11. The van der Waals surface area contributed by atoms with E-state index in [0.717, 1.165) is 0 Å². The molecule has 1 aromatic rings. The summed E-state index contributed by atoms with van der Waals surface area (Å²) in [6.07, 6.45) is 16.2. The van der Waals surface area contributed by atoms with Gasteiger partial charge in [0.15, 0.2) is 0 Å². The minimum absolute atomic E-state index is 0. The van der Waals surface area contributed by atoms with Gasteiger partial charge in [-0.3, -0.25) is 0 Å². The van der Waals surface area contributed by atoms with Crippen molar-refractivity contribution >= 4 is 0 Å². The molecule has 2 aliphatic carbocycles. The Morgan fingerprint density at radius 3 is 2.00 bits per heavy atom. The molecular formula is C17H18Ti. The van der Waals surface area contributed by atoms with Gasteiger partial charge in [-0.25, -0.2) is 0 Å². The second-order valence-electron chi connectivity index (χ2n) is 4.79. The topological polar surface area (TPSA) is 0 Å². The van der Waals surface area contributed by atoms with Crippen molar-refractivity contribution in [3.8, 4) is 0 Å². The van der Waals surface area contributed by atoms with E-state index in [4.69, 9.17) is 0 Å². The molecule has 0 aliphatic heterocycles. The van der Waals surface area contributed by atoms with E-state index >= 15 is 0 Å². The Morgan fingerprint density at radius 2 is 1.50 bits per heavy atom. The molecule has 0 heterocycles. The zero-order chi connectivity index (χ0) is 12.2. The standard InChI is InChI=1S/C7H7.2C5H5.Ti.H/c1-7-5-3-2-4-6-7;2*1-2-4-5-3-1;;/h2-6H,1H2;2*1-3H,4H2;;/q;;;+1;-1. The van der Waals surface area contributed by atoms with Gasteiger partial charge in [0.2, 0.25) is 0 Å². The fraction of sp³-hybridized carbons (Fsp3) is 0.176. The van der Waals surface area contributed by atoms with Crippen LogP contribution in [0.15, 0.2) is 74.5 Å². The summed E-state index contributed by atoms with van der Waals surface area (Å²) in [5.74, 6) is 0. The predicted octanol–water partition coefficient (Wildman–Crippen LogP) is 4.60. The summed E-state index contributed by atoms with van der Waals surface area (Å²) in [4.78, 5) is 0. The molecule has 0 atom stereocenters. The van der Waals surface area contributed by atoms with Crippen molar-refractivity contribution in [2.24, 2.45) is 0 Å². The van der Waals surface area contributed by atoms with Crippen molar-refractivity contribution < 1.29 is 19.3 Å². The van der Waals surface area contributed by atoms with Gasteiger partial charge in [0.05, 0.1) is 0 Å². The van der Waals surface area contributed by atoms with Crippen LogP contribution < -0.4 is 0 Å². The van der Waals surface area contributed by atoms with Crippen LogP contribution >= 0.6 is 0 Å². The van der Waals surface area contributed by atoms with Gasteiger partial charge in [0.1, 0.15) is 0 Å². The molecule has 0 radical (unpaired) electrons. The maximum absolute atomic E-state index is 2.37. The zero-order valence-electron chi connectivity index (χ0n) is 11.5. The largest absolute Gasteiger partial charge is 1.00 e. The maximum Gasteiger partial charge on any atom is -1.00 e. The van der Waals surface area contributed by atoms with Gasteiger partial charge in [-0.2, -0.15) is 0 Å². The molecule has 3 rings (SSSR count). The van der Waals surface area contributed by atoms with Gasteiger partial charge >= 0.3 is 116 Å². The second kappa shape index (κ2) is 5.69. The van der Waals surface area contributed by atoms with E-state index in [9.17, 15) is 0 Å². The van der Waals surface area contributed by atoms with Crippen molar-refractivity contribution in [3.63, 3.8) is 0 Å². The third-order valence-corrected chi connectivity index (χ3v) is 8.31. The van der Waals surface area contributed by atoms with Crippen LogP contribution in [-0.4, -0.2) is 0 Å². The summed E-state index contributed by atoms with van der Waals surface area (Å²) in [6.45, 7) is 0. The van der Waals surface area contributed by atoms with Crippen LogP contribution in [0.3, 0.4) is 0 Å². The first-order chi connectivity index (χ1) is 8.93. The number of hydrogen-bond donors (Lipinski definition) is 0. The number of benzene rings is 1. The third-order valence-electron chi connectivity index (χ3n) is 3.54. The fourth-order valence-electron chi connectivity index (χ4n) is 2.58. The Balaban J connectivity index is 0.00000133. The molecule has 0 aromatic heterocycles. The van der Waals surface area contributed by atoms with Crippen LogP contribution in [0.2, 0.25) is 0 Å². The molecule has 0 N–H and O–H groups in total. The van der Waals surface area contributed by atoms with E-state index in [0.29, 0.717) is 0 Å². The molecule has 0 amide bonds. The second-order valence-corrected chi connectivity index (χ2v) is 8.84. The van der Waals surface area contributed by atoms with E-state index in [1.54, 1.807) is 7.76 Å². The fourth-order valence-corrected chi connectivity index (χ4v) is 7.00. The van der Waals surface area contributed by atoms with Gasteiger partial charge in [-0.05, 0) is 0 Å². The van der Waals surface area contributed by atoms with Crippen LogP contribution in [0.1, 0.15) is 19.8 Å². The van der Waals surface area contributed by atoms with Crippen molar-refractivity contribution in [3.05, 3.63) is 80.1 Å². The summed E-state index contributed by atoms with van der Waals surface area (Å²) < 4.78 is 4.75. The molecule has 0 fully saturated rings. The number of hydrogen-bond acceptors (Lipinski definition) is 0. The van der Waals surface area contributed by atoms with E-state index in [-0.39, 0.29) is 1.43 Å². The smallest absolute Gasteiger partial charge is 1.00 e.